The van der Waals surface area contributed by atoms with E-state index >= 15 is 0 Å². The maximum Gasteiger partial charge on any atom is 0.0431 e. The van der Waals surface area contributed by atoms with Crippen molar-refractivity contribution in [2.24, 2.45) is 0 Å². The van der Waals surface area contributed by atoms with Gasteiger partial charge in [0.1, 0.15) is 0 Å². The fraction of sp³-hybridized carbons (Fsp3) is 1.00. The van der Waals surface area contributed by atoms with Gasteiger partial charge in [-0.3, -0.25) is 0 Å². The summed E-state index contributed by atoms with van der Waals surface area (Å²) in [6.45, 7) is 1.49. The van der Waals surface area contributed by atoms with E-state index in [0.29, 0.717) is 6.61 Å². The molecule has 3 heteroatoms. The molecule has 1 rings (SSSR count). The summed E-state index contributed by atoms with van der Waals surface area (Å²) in [4.78, 5) is 2.44. The quantitative estimate of drug-likeness (QED) is 0.657. The third-order valence-electron chi connectivity index (χ3n) is 2.45. The highest BCUT2D eigenvalue weighted by Gasteiger charge is 2.18. The van der Waals surface area contributed by atoms with E-state index in [9.17, 15) is 0 Å². The van der Waals surface area contributed by atoms with Gasteiger partial charge in [0.2, 0.25) is 0 Å². The van der Waals surface area contributed by atoms with Crippen molar-refractivity contribution in [1.82, 2.24) is 4.90 Å². The Labute approximate surface area is 79.3 Å². The van der Waals surface area contributed by atoms with Crippen LogP contribution in [0.25, 0.3) is 0 Å². The maximum atomic E-state index is 8.62. The highest BCUT2D eigenvalue weighted by atomic mass is 32.2. The largest absolute Gasteiger partial charge is 0.396 e. The summed E-state index contributed by atoms with van der Waals surface area (Å²) in [7, 11) is 2.20. The van der Waals surface area contributed by atoms with Gasteiger partial charge in [-0.15, -0.1) is 0 Å². The summed E-state index contributed by atoms with van der Waals surface area (Å²) in [6, 6.07) is 0.800. The first-order valence-electron chi connectivity index (χ1n) is 4.73. The van der Waals surface area contributed by atoms with Gasteiger partial charge in [0.15, 0.2) is 0 Å². The van der Waals surface area contributed by atoms with Crippen molar-refractivity contribution in [2.45, 2.75) is 25.3 Å². The van der Waals surface area contributed by atoms with Gasteiger partial charge in [-0.2, -0.15) is 11.8 Å². The van der Waals surface area contributed by atoms with E-state index in [4.69, 9.17) is 5.11 Å². The van der Waals surface area contributed by atoms with Gasteiger partial charge in [0.05, 0.1) is 0 Å². The Morgan fingerprint density at radius 3 is 2.92 bits per heavy atom. The van der Waals surface area contributed by atoms with E-state index in [0.717, 1.165) is 25.4 Å². The molecule has 0 bridgehead atoms. The summed E-state index contributed by atoms with van der Waals surface area (Å²) >= 11 is 2.06. The second kappa shape index (κ2) is 5.84. The van der Waals surface area contributed by atoms with Gasteiger partial charge >= 0.3 is 0 Å². The van der Waals surface area contributed by atoms with Crippen LogP contribution in [0.1, 0.15) is 19.3 Å². The van der Waals surface area contributed by atoms with E-state index in [1.807, 2.05) is 0 Å². The predicted molar refractivity (Wildman–Crippen MR) is 54.7 cm³/mol. The molecule has 1 N–H and O–H groups in total. The molecule has 0 aromatic rings. The number of rotatable bonds is 5. The number of hydrogen-bond donors (Lipinski definition) is 1. The standard InChI is InChI=1S/C9H19NOS/c1-10(5-2-3-6-11)9-4-7-12-8-9/h9,11H,2-8H2,1H3. The molecule has 0 aromatic carbocycles. The maximum absolute atomic E-state index is 8.62. The minimum atomic E-state index is 0.341. The Balaban J connectivity index is 2.05. The third-order valence-corrected chi connectivity index (χ3v) is 3.59. The van der Waals surface area contributed by atoms with Crippen molar-refractivity contribution in [3.05, 3.63) is 0 Å². The van der Waals surface area contributed by atoms with Gasteiger partial charge in [-0.05, 0) is 38.6 Å². The highest BCUT2D eigenvalue weighted by molar-refractivity contribution is 7.99. The van der Waals surface area contributed by atoms with Crippen LogP contribution >= 0.6 is 11.8 Å². The summed E-state index contributed by atoms with van der Waals surface area (Å²) in [5, 5.41) is 8.62. The van der Waals surface area contributed by atoms with Gasteiger partial charge in [0.25, 0.3) is 0 Å². The lowest BCUT2D eigenvalue weighted by Gasteiger charge is -2.22. The summed E-state index contributed by atoms with van der Waals surface area (Å²) < 4.78 is 0. The van der Waals surface area contributed by atoms with Crippen molar-refractivity contribution in [2.75, 3.05) is 31.7 Å². The van der Waals surface area contributed by atoms with Gasteiger partial charge in [-0.1, -0.05) is 0 Å². The van der Waals surface area contributed by atoms with E-state index in [2.05, 4.69) is 23.7 Å². The number of thioether (sulfide) groups is 1. The van der Waals surface area contributed by atoms with Crippen LogP contribution in [0.5, 0.6) is 0 Å². The van der Waals surface area contributed by atoms with Gasteiger partial charge in [0, 0.05) is 18.4 Å². The number of unbranched alkanes of at least 4 members (excludes halogenated alkanes) is 1. The van der Waals surface area contributed by atoms with Crippen LogP contribution in [-0.2, 0) is 0 Å². The molecular weight excluding hydrogens is 170 g/mol. The summed E-state index contributed by atoms with van der Waals surface area (Å²) in [5.41, 5.74) is 0. The van der Waals surface area contributed by atoms with Crippen LogP contribution in [-0.4, -0.2) is 47.8 Å². The first kappa shape index (κ1) is 10.4. The zero-order chi connectivity index (χ0) is 8.81. The lowest BCUT2D eigenvalue weighted by molar-refractivity contribution is 0.235. The molecule has 0 amide bonds. The van der Waals surface area contributed by atoms with Crippen molar-refractivity contribution in [3.63, 3.8) is 0 Å². The highest BCUT2D eigenvalue weighted by Crippen LogP contribution is 2.21. The van der Waals surface area contributed by atoms with Crippen LogP contribution in [0, 0.1) is 0 Å². The Hall–Kier alpha value is 0.270. The number of aliphatic hydroxyl groups excluding tert-OH is 1. The first-order chi connectivity index (χ1) is 5.84. The van der Waals surface area contributed by atoms with Crippen LogP contribution in [0.4, 0.5) is 0 Å². The Morgan fingerprint density at radius 1 is 1.50 bits per heavy atom. The molecular formula is C9H19NOS. The fourth-order valence-electron chi connectivity index (χ4n) is 1.53. The molecule has 1 saturated heterocycles. The summed E-state index contributed by atoms with van der Waals surface area (Å²) in [5.74, 6) is 2.63. The zero-order valence-electron chi connectivity index (χ0n) is 7.83. The van der Waals surface area contributed by atoms with Crippen molar-refractivity contribution in [1.29, 1.82) is 0 Å². The van der Waals surface area contributed by atoms with Crippen LogP contribution in [0.2, 0.25) is 0 Å². The molecule has 0 spiro atoms. The lowest BCUT2D eigenvalue weighted by atomic mass is 10.2. The molecule has 1 unspecified atom stereocenters. The molecule has 1 fully saturated rings. The molecule has 1 aliphatic rings. The molecule has 12 heavy (non-hydrogen) atoms. The first-order valence-corrected chi connectivity index (χ1v) is 5.89. The number of aliphatic hydroxyl groups is 1. The Bertz CT molecular complexity index is 115. The van der Waals surface area contributed by atoms with Gasteiger partial charge in [-0.25, -0.2) is 0 Å². The average molecular weight is 189 g/mol. The molecule has 2 nitrogen and oxygen atoms in total. The molecule has 0 aromatic heterocycles. The number of hydrogen-bond acceptors (Lipinski definition) is 3. The van der Waals surface area contributed by atoms with E-state index < -0.39 is 0 Å². The fourth-order valence-corrected chi connectivity index (χ4v) is 2.82. The third kappa shape index (κ3) is 3.33. The number of nitrogens with zero attached hydrogens (tertiary/aromatic N) is 1. The van der Waals surface area contributed by atoms with Crippen LogP contribution < -0.4 is 0 Å². The predicted octanol–water partition coefficient (Wildman–Crippen LogP) is 1.20. The SMILES string of the molecule is CN(CCCCO)C1CCSC1. The van der Waals surface area contributed by atoms with Crippen molar-refractivity contribution < 1.29 is 5.11 Å². The Kier molecular flexibility index (Phi) is 5.04. The monoisotopic (exact) mass is 189 g/mol. The molecule has 72 valence electrons. The average Bonchev–Trinajstić information content (AvgIpc) is 2.56. The molecule has 1 aliphatic heterocycles. The van der Waals surface area contributed by atoms with Crippen LogP contribution in [0.15, 0.2) is 0 Å². The summed E-state index contributed by atoms with van der Waals surface area (Å²) in [6.07, 6.45) is 3.43. The molecule has 0 radical (unpaired) electrons. The molecule has 0 aliphatic carbocycles. The topological polar surface area (TPSA) is 23.5 Å². The molecule has 0 saturated carbocycles. The zero-order valence-corrected chi connectivity index (χ0v) is 8.65. The van der Waals surface area contributed by atoms with Crippen LogP contribution in [0.3, 0.4) is 0 Å². The Morgan fingerprint density at radius 2 is 2.33 bits per heavy atom. The van der Waals surface area contributed by atoms with E-state index in [-0.39, 0.29) is 0 Å². The van der Waals surface area contributed by atoms with Crippen molar-refractivity contribution in [3.8, 4) is 0 Å². The minimum Gasteiger partial charge on any atom is -0.396 e. The lowest BCUT2D eigenvalue weighted by Crippen LogP contribution is -2.32. The smallest absolute Gasteiger partial charge is 0.0431 e. The molecule has 1 atom stereocenters. The minimum absolute atomic E-state index is 0.341. The second-order valence-corrected chi connectivity index (χ2v) is 4.58. The second-order valence-electron chi connectivity index (χ2n) is 3.43. The van der Waals surface area contributed by atoms with E-state index in [1.54, 1.807) is 0 Å². The van der Waals surface area contributed by atoms with Gasteiger partial charge < -0.3 is 10.0 Å². The van der Waals surface area contributed by atoms with E-state index in [1.165, 1.54) is 17.9 Å². The molecule has 1 heterocycles. The normalized spacial score (nSPS) is 23.8. The van der Waals surface area contributed by atoms with Crippen molar-refractivity contribution >= 4 is 11.8 Å².